The second kappa shape index (κ2) is 7.51. The number of amides is 1. The number of hydrogen-bond donors (Lipinski definition) is 2. The quantitative estimate of drug-likeness (QED) is 0.617. The maximum Gasteiger partial charge on any atom is 0.441 e. The Balaban J connectivity index is 2.55. The fourth-order valence-electron chi connectivity index (χ4n) is 1.34. The number of carboxylic acid groups (broad SMARTS) is 1. The van der Waals surface area contributed by atoms with E-state index in [1.165, 1.54) is 6.08 Å². The number of alkyl halides is 3. The Morgan fingerprint density at radius 1 is 1.48 bits per heavy atom. The third-order valence-electron chi connectivity index (χ3n) is 2.21. The third-order valence-corrected chi connectivity index (χ3v) is 4.15. The highest BCUT2D eigenvalue weighted by molar-refractivity contribution is 8.00. The Morgan fingerprint density at radius 2 is 2.14 bits per heavy atom. The summed E-state index contributed by atoms with van der Waals surface area (Å²) in [5, 5.41) is 10.9. The molecule has 0 aliphatic rings. The van der Waals surface area contributed by atoms with Crippen molar-refractivity contribution in [3.63, 3.8) is 0 Å². The molecule has 1 aromatic heterocycles. The van der Waals surface area contributed by atoms with Gasteiger partial charge in [-0.2, -0.15) is 13.2 Å². The average molecular weight is 339 g/mol. The first kappa shape index (κ1) is 17.6. The van der Waals surface area contributed by atoms with Crippen molar-refractivity contribution in [1.82, 2.24) is 5.32 Å². The van der Waals surface area contributed by atoms with Crippen molar-refractivity contribution in [2.45, 2.75) is 12.4 Å². The number of thiophene rings is 1. The molecular weight excluding hydrogens is 327 g/mol. The fraction of sp³-hybridized carbons (Fsp3) is 0.333. The van der Waals surface area contributed by atoms with Crippen molar-refractivity contribution >= 4 is 41.1 Å². The molecule has 0 radical (unpaired) electrons. The van der Waals surface area contributed by atoms with Crippen molar-refractivity contribution < 1.29 is 27.9 Å². The van der Waals surface area contributed by atoms with Crippen LogP contribution in [0.3, 0.4) is 0 Å². The molecule has 0 atom stereocenters. The second-order valence-corrected chi connectivity index (χ2v) is 6.12. The first-order chi connectivity index (χ1) is 9.69. The van der Waals surface area contributed by atoms with Crippen LogP contribution in [0.4, 0.5) is 13.2 Å². The maximum absolute atomic E-state index is 11.9. The Morgan fingerprint density at radius 3 is 2.71 bits per heavy atom. The van der Waals surface area contributed by atoms with E-state index in [-0.39, 0.29) is 24.1 Å². The van der Waals surface area contributed by atoms with Crippen LogP contribution in [-0.4, -0.2) is 34.8 Å². The van der Waals surface area contributed by atoms with E-state index >= 15 is 0 Å². The average Bonchev–Trinajstić information content (AvgIpc) is 2.72. The topological polar surface area (TPSA) is 66.4 Å². The SMILES string of the molecule is Cc1cc(C(=O)NCCSC(F)(F)F)sc1/C=C/C(=O)O. The lowest BCUT2D eigenvalue weighted by Gasteiger charge is -2.06. The molecule has 2 N–H and O–H groups in total. The van der Waals surface area contributed by atoms with Gasteiger partial charge in [-0.05, 0) is 36.4 Å². The molecule has 9 heteroatoms. The largest absolute Gasteiger partial charge is 0.478 e. The van der Waals surface area contributed by atoms with Crippen LogP contribution < -0.4 is 5.32 Å². The highest BCUT2D eigenvalue weighted by Gasteiger charge is 2.27. The van der Waals surface area contributed by atoms with Gasteiger partial charge in [0, 0.05) is 23.3 Å². The van der Waals surface area contributed by atoms with Crippen molar-refractivity contribution in [1.29, 1.82) is 0 Å². The van der Waals surface area contributed by atoms with Crippen LogP contribution in [0, 0.1) is 6.92 Å². The van der Waals surface area contributed by atoms with Gasteiger partial charge in [0.1, 0.15) is 0 Å². The summed E-state index contributed by atoms with van der Waals surface area (Å²) in [4.78, 5) is 23.1. The first-order valence-electron chi connectivity index (χ1n) is 5.69. The van der Waals surface area contributed by atoms with E-state index in [2.05, 4.69) is 5.32 Å². The lowest BCUT2D eigenvalue weighted by molar-refractivity contribution is -0.131. The van der Waals surface area contributed by atoms with E-state index in [0.717, 1.165) is 23.0 Å². The highest BCUT2D eigenvalue weighted by atomic mass is 32.2. The summed E-state index contributed by atoms with van der Waals surface area (Å²) >= 11 is 0.885. The Labute approximate surface area is 127 Å². The van der Waals surface area contributed by atoms with Crippen molar-refractivity contribution in [3.8, 4) is 0 Å². The minimum absolute atomic E-state index is 0.0970. The predicted molar refractivity (Wildman–Crippen MR) is 76.6 cm³/mol. The van der Waals surface area contributed by atoms with Gasteiger partial charge >= 0.3 is 11.5 Å². The molecule has 21 heavy (non-hydrogen) atoms. The van der Waals surface area contributed by atoms with Gasteiger partial charge in [0.15, 0.2) is 0 Å². The minimum atomic E-state index is -4.31. The van der Waals surface area contributed by atoms with Gasteiger partial charge in [0.2, 0.25) is 0 Å². The number of halogens is 3. The van der Waals surface area contributed by atoms with Gasteiger partial charge in [-0.3, -0.25) is 4.79 Å². The Hall–Kier alpha value is -1.48. The molecule has 0 saturated heterocycles. The van der Waals surface area contributed by atoms with E-state index in [4.69, 9.17) is 5.11 Å². The standard InChI is InChI=1S/C12H12F3NO3S2/c1-7-6-9(21-8(7)2-3-10(17)18)11(19)16-4-5-20-12(13,14)15/h2-3,6H,4-5H2,1H3,(H,16,19)(H,17,18)/b3-2+. The zero-order valence-electron chi connectivity index (χ0n) is 10.9. The number of aliphatic carboxylic acids is 1. The third kappa shape index (κ3) is 6.67. The number of thioether (sulfide) groups is 1. The minimum Gasteiger partial charge on any atom is -0.478 e. The Kier molecular flexibility index (Phi) is 6.28. The van der Waals surface area contributed by atoms with Crippen LogP contribution >= 0.6 is 23.1 Å². The van der Waals surface area contributed by atoms with Gasteiger partial charge in [-0.1, -0.05) is 0 Å². The van der Waals surface area contributed by atoms with Crippen LogP contribution in [0.2, 0.25) is 0 Å². The summed E-state index contributed by atoms with van der Waals surface area (Å²) in [5.41, 5.74) is -3.58. The molecule has 0 aliphatic carbocycles. The van der Waals surface area contributed by atoms with E-state index in [0.29, 0.717) is 9.75 Å². The molecule has 1 amide bonds. The van der Waals surface area contributed by atoms with Crippen molar-refractivity contribution in [2.24, 2.45) is 0 Å². The summed E-state index contributed by atoms with van der Waals surface area (Å²) in [7, 11) is 0. The number of hydrogen-bond acceptors (Lipinski definition) is 4. The van der Waals surface area contributed by atoms with Gasteiger partial charge in [0.25, 0.3) is 5.91 Å². The Bertz CT molecular complexity index is 552. The molecule has 1 aromatic rings. The molecule has 1 rings (SSSR count). The summed E-state index contributed by atoms with van der Waals surface area (Å²) in [5.74, 6) is -1.83. The molecule has 1 heterocycles. The zero-order chi connectivity index (χ0) is 16.0. The highest BCUT2D eigenvalue weighted by Crippen LogP contribution is 2.29. The molecule has 0 aliphatic heterocycles. The molecule has 0 bridgehead atoms. The van der Waals surface area contributed by atoms with Crippen LogP contribution in [0.15, 0.2) is 12.1 Å². The number of carbonyl (C=O) groups is 2. The number of aryl methyl sites for hydroxylation is 1. The van der Waals surface area contributed by atoms with Crippen molar-refractivity contribution in [3.05, 3.63) is 27.5 Å². The second-order valence-electron chi connectivity index (χ2n) is 3.88. The number of carbonyl (C=O) groups excluding carboxylic acids is 1. The first-order valence-corrected chi connectivity index (χ1v) is 7.49. The van der Waals surface area contributed by atoms with E-state index in [1.807, 2.05) is 0 Å². The van der Waals surface area contributed by atoms with Gasteiger partial charge in [-0.25, -0.2) is 4.79 Å². The monoisotopic (exact) mass is 339 g/mol. The number of rotatable bonds is 6. The van der Waals surface area contributed by atoms with Crippen LogP contribution in [0.5, 0.6) is 0 Å². The molecule has 0 unspecified atom stereocenters. The normalized spacial score (nSPS) is 11.8. The molecule has 0 saturated carbocycles. The smallest absolute Gasteiger partial charge is 0.441 e. The summed E-state index contributed by atoms with van der Waals surface area (Å²) in [6.45, 7) is 1.62. The molecule has 0 fully saturated rings. The molecule has 116 valence electrons. The van der Waals surface area contributed by atoms with Crippen LogP contribution in [-0.2, 0) is 4.79 Å². The van der Waals surface area contributed by atoms with Crippen LogP contribution in [0.1, 0.15) is 20.1 Å². The fourth-order valence-corrected chi connectivity index (χ4v) is 2.77. The van der Waals surface area contributed by atoms with E-state index in [9.17, 15) is 22.8 Å². The lowest BCUT2D eigenvalue weighted by atomic mass is 10.2. The maximum atomic E-state index is 11.9. The van der Waals surface area contributed by atoms with Gasteiger partial charge in [0.05, 0.1) is 4.88 Å². The lowest BCUT2D eigenvalue weighted by Crippen LogP contribution is -2.25. The molecule has 0 aromatic carbocycles. The van der Waals surface area contributed by atoms with E-state index < -0.39 is 17.4 Å². The van der Waals surface area contributed by atoms with Crippen LogP contribution in [0.25, 0.3) is 6.08 Å². The molecule has 0 spiro atoms. The number of carboxylic acids is 1. The summed E-state index contributed by atoms with van der Waals surface area (Å²) in [6, 6.07) is 1.57. The van der Waals surface area contributed by atoms with Gasteiger partial charge in [-0.15, -0.1) is 11.3 Å². The van der Waals surface area contributed by atoms with E-state index in [1.54, 1.807) is 13.0 Å². The van der Waals surface area contributed by atoms with Crippen molar-refractivity contribution in [2.75, 3.05) is 12.3 Å². The molecule has 4 nitrogen and oxygen atoms in total. The summed E-state index contributed by atoms with van der Waals surface area (Å²) < 4.78 is 35.7. The predicted octanol–water partition coefficient (Wildman–Crippen LogP) is 3.14. The van der Waals surface area contributed by atoms with Gasteiger partial charge < -0.3 is 10.4 Å². The zero-order valence-corrected chi connectivity index (χ0v) is 12.5. The molecular formula is C12H12F3NO3S2. The summed E-state index contributed by atoms with van der Waals surface area (Å²) in [6.07, 6.45) is 2.33. The number of nitrogens with one attached hydrogen (secondary N) is 1.